The summed E-state index contributed by atoms with van der Waals surface area (Å²) in [7, 11) is 0. The summed E-state index contributed by atoms with van der Waals surface area (Å²) in [6, 6.07) is 6.21. The monoisotopic (exact) mass is 345 g/mol. The summed E-state index contributed by atoms with van der Waals surface area (Å²) in [5.41, 5.74) is 0.494. The molecule has 2 unspecified atom stereocenters. The normalized spacial score (nSPS) is 13.4. The molecule has 7 nitrogen and oxygen atoms in total. The number of aromatic nitrogens is 2. The topological polar surface area (TPSA) is 101 Å². The van der Waals surface area contributed by atoms with Crippen LogP contribution in [0.2, 0.25) is 0 Å². The Morgan fingerprint density at radius 2 is 2.04 bits per heavy atom. The van der Waals surface area contributed by atoms with Gasteiger partial charge in [0.15, 0.2) is 0 Å². The van der Waals surface area contributed by atoms with E-state index in [0.29, 0.717) is 30.3 Å². The second-order valence-corrected chi connectivity index (χ2v) is 6.13. The van der Waals surface area contributed by atoms with Gasteiger partial charge >= 0.3 is 5.97 Å². The predicted octanol–water partition coefficient (Wildman–Crippen LogP) is 1.79. The molecule has 7 heteroatoms. The van der Waals surface area contributed by atoms with Crippen molar-refractivity contribution in [1.82, 2.24) is 14.9 Å². The number of nitrogens with one attached hydrogen (secondary N) is 1. The van der Waals surface area contributed by atoms with Crippen LogP contribution in [-0.2, 0) is 16.1 Å². The highest BCUT2D eigenvalue weighted by atomic mass is 16.4. The molecule has 25 heavy (non-hydrogen) atoms. The fourth-order valence-electron chi connectivity index (χ4n) is 2.60. The molecule has 0 saturated heterocycles. The molecule has 1 heterocycles. The second kappa shape index (κ2) is 8.41. The standard InChI is InChI=1S/C18H23N3O4/c1-3-12(2)16(18(24)25)20-15(22)9-6-10-21-11-19-14-8-5-4-7-13(14)17(21)23/h4-5,7-8,11-12,16H,3,6,9-10H2,1-2H3,(H,20,22)(H,24,25). The predicted molar refractivity (Wildman–Crippen MR) is 94.3 cm³/mol. The van der Waals surface area contributed by atoms with E-state index < -0.39 is 12.0 Å². The first kappa shape index (κ1) is 18.6. The maximum absolute atomic E-state index is 12.3. The van der Waals surface area contributed by atoms with Crippen molar-refractivity contribution in [2.45, 2.75) is 45.7 Å². The van der Waals surface area contributed by atoms with E-state index in [1.807, 2.05) is 13.0 Å². The first-order valence-electron chi connectivity index (χ1n) is 8.40. The van der Waals surface area contributed by atoms with Crippen molar-refractivity contribution in [3.8, 4) is 0 Å². The number of benzene rings is 1. The number of aryl methyl sites for hydroxylation is 1. The lowest BCUT2D eigenvalue weighted by Gasteiger charge is -2.20. The Hall–Kier alpha value is -2.70. The number of carbonyl (C=O) groups excluding carboxylic acids is 1. The number of carboxylic acids is 1. The minimum absolute atomic E-state index is 0.144. The third-order valence-corrected chi connectivity index (χ3v) is 4.33. The molecule has 2 aromatic rings. The molecule has 0 radical (unpaired) electrons. The Balaban J connectivity index is 1.94. The van der Waals surface area contributed by atoms with Crippen LogP contribution in [0.15, 0.2) is 35.4 Å². The molecule has 0 aliphatic heterocycles. The lowest BCUT2D eigenvalue weighted by atomic mass is 9.99. The summed E-state index contributed by atoms with van der Waals surface area (Å²) in [5.74, 6) is -1.50. The smallest absolute Gasteiger partial charge is 0.326 e. The van der Waals surface area contributed by atoms with Gasteiger partial charge in [-0.05, 0) is 24.5 Å². The molecular weight excluding hydrogens is 322 g/mol. The van der Waals surface area contributed by atoms with Gasteiger partial charge in [-0.15, -0.1) is 0 Å². The van der Waals surface area contributed by atoms with Crippen molar-refractivity contribution < 1.29 is 14.7 Å². The van der Waals surface area contributed by atoms with Gasteiger partial charge in [-0.3, -0.25) is 14.2 Å². The molecule has 0 saturated carbocycles. The van der Waals surface area contributed by atoms with E-state index in [4.69, 9.17) is 0 Å². The molecule has 0 aliphatic carbocycles. The first-order chi connectivity index (χ1) is 11.9. The van der Waals surface area contributed by atoms with Crippen LogP contribution < -0.4 is 10.9 Å². The Bertz CT molecular complexity index is 815. The summed E-state index contributed by atoms with van der Waals surface area (Å²) in [6.45, 7) is 4.02. The molecule has 1 amide bonds. The van der Waals surface area contributed by atoms with Crippen molar-refractivity contribution in [2.75, 3.05) is 0 Å². The van der Waals surface area contributed by atoms with Crippen LogP contribution in [0.25, 0.3) is 10.9 Å². The molecule has 1 aromatic heterocycles. The van der Waals surface area contributed by atoms with E-state index in [9.17, 15) is 19.5 Å². The third kappa shape index (κ3) is 4.65. The minimum atomic E-state index is -1.03. The first-order valence-corrected chi connectivity index (χ1v) is 8.40. The summed E-state index contributed by atoms with van der Waals surface area (Å²) >= 11 is 0. The van der Waals surface area contributed by atoms with Crippen molar-refractivity contribution in [2.24, 2.45) is 5.92 Å². The molecule has 0 aliphatic rings. The zero-order valence-electron chi connectivity index (χ0n) is 14.4. The number of aliphatic carboxylic acids is 1. The Morgan fingerprint density at radius 3 is 2.72 bits per heavy atom. The molecule has 0 bridgehead atoms. The quantitative estimate of drug-likeness (QED) is 0.759. The van der Waals surface area contributed by atoms with Gasteiger partial charge in [0, 0.05) is 13.0 Å². The van der Waals surface area contributed by atoms with Gasteiger partial charge < -0.3 is 10.4 Å². The number of hydrogen-bond donors (Lipinski definition) is 2. The SMILES string of the molecule is CCC(C)C(NC(=O)CCCn1cnc2ccccc2c1=O)C(=O)O. The Kier molecular flexibility index (Phi) is 6.27. The van der Waals surface area contributed by atoms with E-state index in [-0.39, 0.29) is 23.8 Å². The maximum Gasteiger partial charge on any atom is 0.326 e. The zero-order chi connectivity index (χ0) is 18.4. The number of nitrogens with zero attached hydrogens (tertiary/aromatic N) is 2. The molecule has 2 atom stereocenters. The minimum Gasteiger partial charge on any atom is -0.480 e. The second-order valence-electron chi connectivity index (χ2n) is 6.13. The molecular formula is C18H23N3O4. The zero-order valence-corrected chi connectivity index (χ0v) is 14.4. The van der Waals surface area contributed by atoms with E-state index >= 15 is 0 Å². The molecule has 0 fully saturated rings. The van der Waals surface area contributed by atoms with Crippen molar-refractivity contribution in [1.29, 1.82) is 0 Å². The van der Waals surface area contributed by atoms with E-state index in [2.05, 4.69) is 10.3 Å². The number of amides is 1. The molecule has 1 aromatic carbocycles. The Labute approximate surface area is 145 Å². The molecule has 2 rings (SSSR count). The molecule has 134 valence electrons. The van der Waals surface area contributed by atoms with Crippen LogP contribution in [0.1, 0.15) is 33.1 Å². The molecule has 0 spiro atoms. The van der Waals surface area contributed by atoms with Crippen LogP contribution in [0, 0.1) is 5.92 Å². The number of para-hydroxylation sites is 1. The van der Waals surface area contributed by atoms with E-state index in [0.717, 1.165) is 0 Å². The lowest BCUT2D eigenvalue weighted by molar-refractivity contribution is -0.143. The highest BCUT2D eigenvalue weighted by Crippen LogP contribution is 2.09. The van der Waals surface area contributed by atoms with Gasteiger partial charge in [0.2, 0.25) is 5.91 Å². The van der Waals surface area contributed by atoms with Gasteiger partial charge in [0.25, 0.3) is 5.56 Å². The number of carboxylic acid groups (broad SMARTS) is 1. The van der Waals surface area contributed by atoms with E-state index in [1.54, 1.807) is 25.1 Å². The lowest BCUT2D eigenvalue weighted by Crippen LogP contribution is -2.45. The number of carbonyl (C=O) groups is 2. The van der Waals surface area contributed by atoms with Crippen LogP contribution >= 0.6 is 0 Å². The third-order valence-electron chi connectivity index (χ3n) is 4.33. The highest BCUT2D eigenvalue weighted by Gasteiger charge is 2.24. The number of rotatable bonds is 8. The van der Waals surface area contributed by atoms with Crippen LogP contribution in [0.3, 0.4) is 0 Å². The number of hydrogen-bond acceptors (Lipinski definition) is 4. The largest absolute Gasteiger partial charge is 0.480 e. The average molecular weight is 345 g/mol. The van der Waals surface area contributed by atoms with Crippen molar-refractivity contribution >= 4 is 22.8 Å². The van der Waals surface area contributed by atoms with Crippen molar-refractivity contribution in [3.05, 3.63) is 40.9 Å². The van der Waals surface area contributed by atoms with Gasteiger partial charge in [0.05, 0.1) is 17.2 Å². The van der Waals surface area contributed by atoms with Crippen LogP contribution in [0.4, 0.5) is 0 Å². The van der Waals surface area contributed by atoms with E-state index in [1.165, 1.54) is 10.9 Å². The van der Waals surface area contributed by atoms with Gasteiger partial charge in [-0.2, -0.15) is 0 Å². The summed E-state index contributed by atoms with van der Waals surface area (Å²) < 4.78 is 1.47. The van der Waals surface area contributed by atoms with Crippen molar-refractivity contribution in [3.63, 3.8) is 0 Å². The van der Waals surface area contributed by atoms with Gasteiger partial charge in [0.1, 0.15) is 6.04 Å². The molecule has 2 N–H and O–H groups in total. The fraction of sp³-hybridized carbons (Fsp3) is 0.444. The highest BCUT2D eigenvalue weighted by molar-refractivity contribution is 5.83. The number of fused-ring (bicyclic) bond motifs is 1. The maximum atomic E-state index is 12.3. The summed E-state index contributed by atoms with van der Waals surface area (Å²) in [6.07, 6.45) is 2.72. The van der Waals surface area contributed by atoms with Gasteiger partial charge in [-0.25, -0.2) is 9.78 Å². The van der Waals surface area contributed by atoms with Crippen LogP contribution in [-0.4, -0.2) is 32.6 Å². The fourth-order valence-corrected chi connectivity index (χ4v) is 2.60. The average Bonchev–Trinajstić information content (AvgIpc) is 2.61. The Morgan fingerprint density at radius 1 is 1.32 bits per heavy atom. The summed E-state index contributed by atoms with van der Waals surface area (Å²) in [5, 5.41) is 12.3. The van der Waals surface area contributed by atoms with Gasteiger partial charge in [-0.1, -0.05) is 32.4 Å². The van der Waals surface area contributed by atoms with Crippen LogP contribution in [0.5, 0.6) is 0 Å². The summed E-state index contributed by atoms with van der Waals surface area (Å²) in [4.78, 5) is 39.8.